The number of nitrogens with one attached hydrogen (secondary N) is 1. The molecule has 0 aromatic carbocycles. The lowest BCUT2D eigenvalue weighted by molar-refractivity contribution is 0.182. The second kappa shape index (κ2) is 5.94. The summed E-state index contributed by atoms with van der Waals surface area (Å²) < 4.78 is 0. The van der Waals surface area contributed by atoms with Crippen LogP contribution in [0.1, 0.15) is 49.1 Å². The molecule has 0 spiro atoms. The maximum Gasteiger partial charge on any atom is 0.0333 e. The zero-order valence-electron chi connectivity index (χ0n) is 12.2. The predicted octanol–water partition coefficient (Wildman–Crippen LogP) is 3.45. The van der Waals surface area contributed by atoms with Gasteiger partial charge in [0, 0.05) is 17.0 Å². The van der Waals surface area contributed by atoms with E-state index in [0.717, 1.165) is 5.92 Å². The molecule has 0 saturated carbocycles. The predicted molar refractivity (Wildman–Crippen MR) is 82.8 cm³/mol. The minimum Gasteiger partial charge on any atom is -0.307 e. The molecule has 2 aliphatic rings. The standard InChI is InChI=1S/C16H26N2S/c1-12(13-6-9-18(2)10-7-13)17-15-4-3-5-16-14(15)8-11-19-16/h8,11-13,15,17H,3-7,9-10H2,1-2H3. The van der Waals surface area contributed by atoms with Crippen molar-refractivity contribution in [2.24, 2.45) is 5.92 Å². The van der Waals surface area contributed by atoms with Crippen molar-refractivity contribution in [1.29, 1.82) is 0 Å². The Labute approximate surface area is 121 Å². The van der Waals surface area contributed by atoms with Crippen LogP contribution in [-0.2, 0) is 6.42 Å². The highest BCUT2D eigenvalue weighted by atomic mass is 32.1. The molecule has 0 radical (unpaired) electrons. The van der Waals surface area contributed by atoms with Crippen LogP contribution >= 0.6 is 11.3 Å². The van der Waals surface area contributed by atoms with E-state index in [1.807, 2.05) is 11.3 Å². The average Bonchev–Trinajstić information content (AvgIpc) is 2.89. The van der Waals surface area contributed by atoms with Crippen LogP contribution in [0.5, 0.6) is 0 Å². The lowest BCUT2D eigenvalue weighted by Gasteiger charge is -2.36. The van der Waals surface area contributed by atoms with Gasteiger partial charge in [0.2, 0.25) is 0 Å². The molecule has 2 nitrogen and oxygen atoms in total. The number of likely N-dealkylation sites (tertiary alicyclic amines) is 1. The SMILES string of the molecule is CC(NC1CCCc2sccc21)C1CCN(C)CC1. The molecule has 1 fully saturated rings. The van der Waals surface area contributed by atoms with Gasteiger partial charge in [-0.1, -0.05) is 0 Å². The molecule has 3 rings (SSSR count). The average molecular weight is 278 g/mol. The van der Waals surface area contributed by atoms with Crippen LogP contribution in [0, 0.1) is 5.92 Å². The van der Waals surface area contributed by atoms with Gasteiger partial charge in [-0.05, 0) is 82.1 Å². The van der Waals surface area contributed by atoms with E-state index >= 15 is 0 Å². The highest BCUT2D eigenvalue weighted by Gasteiger charge is 2.27. The van der Waals surface area contributed by atoms with Crippen molar-refractivity contribution < 1.29 is 0 Å². The first kappa shape index (κ1) is 13.6. The number of hydrogen-bond donors (Lipinski definition) is 1. The summed E-state index contributed by atoms with van der Waals surface area (Å²) in [6, 6.07) is 3.62. The molecule has 1 aliphatic heterocycles. The highest BCUT2D eigenvalue weighted by molar-refractivity contribution is 7.10. The van der Waals surface area contributed by atoms with Gasteiger partial charge in [0.25, 0.3) is 0 Å². The Hall–Kier alpha value is -0.380. The van der Waals surface area contributed by atoms with E-state index in [-0.39, 0.29) is 0 Å². The Morgan fingerprint density at radius 3 is 2.89 bits per heavy atom. The van der Waals surface area contributed by atoms with E-state index in [1.165, 1.54) is 45.2 Å². The van der Waals surface area contributed by atoms with Crippen LogP contribution in [0.25, 0.3) is 0 Å². The summed E-state index contributed by atoms with van der Waals surface area (Å²) in [6.07, 6.45) is 6.68. The molecule has 0 bridgehead atoms. The largest absolute Gasteiger partial charge is 0.307 e. The maximum atomic E-state index is 3.93. The fourth-order valence-electron chi connectivity index (χ4n) is 3.64. The van der Waals surface area contributed by atoms with Crippen LogP contribution in [-0.4, -0.2) is 31.1 Å². The first-order chi connectivity index (χ1) is 9.24. The Bertz CT molecular complexity index is 407. The van der Waals surface area contributed by atoms with Gasteiger partial charge in [0.1, 0.15) is 0 Å². The molecule has 1 saturated heterocycles. The number of rotatable bonds is 3. The molecule has 2 unspecified atom stereocenters. The molecule has 2 heterocycles. The summed E-state index contributed by atoms with van der Waals surface area (Å²) in [5, 5.41) is 6.20. The molecule has 1 aromatic heterocycles. The molecular formula is C16H26N2S. The minimum atomic E-state index is 0.615. The summed E-state index contributed by atoms with van der Waals surface area (Å²) in [4.78, 5) is 4.08. The smallest absolute Gasteiger partial charge is 0.0333 e. The van der Waals surface area contributed by atoms with Crippen molar-refractivity contribution in [2.75, 3.05) is 20.1 Å². The van der Waals surface area contributed by atoms with Crippen LogP contribution < -0.4 is 5.32 Å². The first-order valence-corrected chi connectivity index (χ1v) is 8.63. The number of aryl methyl sites for hydroxylation is 1. The Morgan fingerprint density at radius 2 is 2.11 bits per heavy atom. The topological polar surface area (TPSA) is 15.3 Å². The molecule has 1 aliphatic carbocycles. The monoisotopic (exact) mass is 278 g/mol. The van der Waals surface area contributed by atoms with Gasteiger partial charge in [-0.25, -0.2) is 0 Å². The molecule has 2 atom stereocenters. The van der Waals surface area contributed by atoms with Gasteiger partial charge in [-0.3, -0.25) is 0 Å². The van der Waals surface area contributed by atoms with Crippen LogP contribution in [0.3, 0.4) is 0 Å². The molecule has 1 aromatic rings. The molecule has 19 heavy (non-hydrogen) atoms. The van der Waals surface area contributed by atoms with Crippen molar-refractivity contribution in [1.82, 2.24) is 10.2 Å². The number of fused-ring (bicyclic) bond motifs is 1. The van der Waals surface area contributed by atoms with E-state index < -0.39 is 0 Å². The summed E-state index contributed by atoms with van der Waals surface area (Å²) in [6.45, 7) is 4.94. The number of piperidine rings is 1. The highest BCUT2D eigenvalue weighted by Crippen LogP contribution is 2.34. The Morgan fingerprint density at radius 1 is 1.32 bits per heavy atom. The van der Waals surface area contributed by atoms with E-state index in [9.17, 15) is 0 Å². The van der Waals surface area contributed by atoms with E-state index in [4.69, 9.17) is 0 Å². The van der Waals surface area contributed by atoms with Crippen molar-refractivity contribution in [3.63, 3.8) is 0 Å². The first-order valence-electron chi connectivity index (χ1n) is 7.75. The van der Waals surface area contributed by atoms with Gasteiger partial charge in [0.15, 0.2) is 0 Å². The molecule has 0 amide bonds. The number of hydrogen-bond acceptors (Lipinski definition) is 3. The molecule has 3 heteroatoms. The lowest BCUT2D eigenvalue weighted by atomic mass is 9.88. The molecule has 106 valence electrons. The molecule has 1 N–H and O–H groups in total. The summed E-state index contributed by atoms with van der Waals surface area (Å²) >= 11 is 1.95. The lowest BCUT2D eigenvalue weighted by Crippen LogP contribution is -2.42. The third kappa shape index (κ3) is 3.04. The van der Waals surface area contributed by atoms with Crippen molar-refractivity contribution >= 4 is 11.3 Å². The van der Waals surface area contributed by atoms with Crippen LogP contribution in [0.15, 0.2) is 11.4 Å². The zero-order valence-corrected chi connectivity index (χ0v) is 13.0. The van der Waals surface area contributed by atoms with Crippen LogP contribution in [0.4, 0.5) is 0 Å². The van der Waals surface area contributed by atoms with E-state index in [1.54, 1.807) is 10.4 Å². The van der Waals surface area contributed by atoms with Crippen LogP contribution in [0.2, 0.25) is 0 Å². The minimum absolute atomic E-state index is 0.615. The fraction of sp³-hybridized carbons (Fsp3) is 0.750. The van der Waals surface area contributed by atoms with Crippen molar-refractivity contribution in [2.45, 2.75) is 51.1 Å². The normalized spacial score (nSPS) is 27.2. The van der Waals surface area contributed by atoms with E-state index in [0.29, 0.717) is 12.1 Å². The third-order valence-corrected chi connectivity index (χ3v) is 5.98. The summed E-state index contributed by atoms with van der Waals surface area (Å²) in [7, 11) is 2.24. The van der Waals surface area contributed by atoms with Gasteiger partial charge in [-0.15, -0.1) is 11.3 Å². The van der Waals surface area contributed by atoms with Gasteiger partial charge in [-0.2, -0.15) is 0 Å². The summed E-state index contributed by atoms with van der Waals surface area (Å²) in [5.41, 5.74) is 1.59. The number of thiophene rings is 1. The zero-order chi connectivity index (χ0) is 13.2. The van der Waals surface area contributed by atoms with Gasteiger partial charge < -0.3 is 10.2 Å². The van der Waals surface area contributed by atoms with E-state index in [2.05, 4.69) is 35.6 Å². The fourth-order valence-corrected chi connectivity index (χ4v) is 4.63. The Balaban J connectivity index is 1.60. The maximum absolute atomic E-state index is 3.93. The second-order valence-corrected chi connectivity index (χ2v) is 7.34. The quantitative estimate of drug-likeness (QED) is 0.911. The van der Waals surface area contributed by atoms with Crippen molar-refractivity contribution in [3.8, 4) is 0 Å². The van der Waals surface area contributed by atoms with Gasteiger partial charge in [0.05, 0.1) is 0 Å². The van der Waals surface area contributed by atoms with Crippen molar-refractivity contribution in [3.05, 3.63) is 21.9 Å². The number of nitrogens with zero attached hydrogens (tertiary/aromatic N) is 1. The molecular weight excluding hydrogens is 252 g/mol. The third-order valence-electron chi connectivity index (χ3n) is 4.99. The Kier molecular flexibility index (Phi) is 4.25. The summed E-state index contributed by atoms with van der Waals surface area (Å²) in [5.74, 6) is 0.861. The van der Waals surface area contributed by atoms with Gasteiger partial charge >= 0.3 is 0 Å². The second-order valence-electron chi connectivity index (χ2n) is 6.34.